The maximum Gasteiger partial charge on any atom is 0.255 e. The van der Waals surface area contributed by atoms with Crippen molar-refractivity contribution < 1.29 is 4.74 Å². The molecule has 0 aliphatic heterocycles. The molecule has 0 aliphatic carbocycles. The van der Waals surface area contributed by atoms with Crippen LogP contribution >= 0.6 is 0 Å². The van der Waals surface area contributed by atoms with E-state index in [0.29, 0.717) is 16.7 Å². The van der Waals surface area contributed by atoms with Crippen LogP contribution in [0.2, 0.25) is 0 Å². The Kier molecular flexibility index (Phi) is 2.84. The van der Waals surface area contributed by atoms with Crippen LogP contribution in [0.5, 0.6) is 5.75 Å². The summed E-state index contributed by atoms with van der Waals surface area (Å²) in [7, 11) is 0. The molecule has 0 saturated carbocycles. The van der Waals surface area contributed by atoms with Gasteiger partial charge in [0.1, 0.15) is 11.8 Å². The molecule has 0 aliphatic rings. The summed E-state index contributed by atoms with van der Waals surface area (Å²) in [5, 5.41) is 10.3. The van der Waals surface area contributed by atoms with Gasteiger partial charge in [-0.1, -0.05) is 0 Å². The molecule has 1 heterocycles. The van der Waals surface area contributed by atoms with Gasteiger partial charge in [-0.05, 0) is 37.4 Å². The standard InChI is InChI=1S/C13H12N2O2/c1-8(2)17-12-6-11-9(5-10(12)7-14)3-4-15-13(11)16/h3-6,8H,1-2H3,(H,15,16). The Balaban J connectivity index is 2.71. The number of aromatic amines is 1. The molecular weight excluding hydrogens is 216 g/mol. The summed E-state index contributed by atoms with van der Waals surface area (Å²) in [6.07, 6.45) is 1.52. The summed E-state index contributed by atoms with van der Waals surface area (Å²) in [6.45, 7) is 3.75. The third kappa shape index (κ3) is 2.13. The van der Waals surface area contributed by atoms with E-state index in [0.717, 1.165) is 5.39 Å². The van der Waals surface area contributed by atoms with Gasteiger partial charge in [0.15, 0.2) is 0 Å². The maximum absolute atomic E-state index is 11.6. The van der Waals surface area contributed by atoms with E-state index >= 15 is 0 Å². The second kappa shape index (κ2) is 4.30. The first-order chi connectivity index (χ1) is 8.11. The molecule has 4 nitrogen and oxygen atoms in total. The molecule has 0 spiro atoms. The summed E-state index contributed by atoms with van der Waals surface area (Å²) >= 11 is 0. The van der Waals surface area contributed by atoms with Gasteiger partial charge < -0.3 is 9.72 Å². The van der Waals surface area contributed by atoms with Crippen LogP contribution in [-0.4, -0.2) is 11.1 Å². The van der Waals surface area contributed by atoms with Gasteiger partial charge >= 0.3 is 0 Å². The Labute approximate surface area is 98.5 Å². The molecule has 1 aromatic carbocycles. The summed E-state index contributed by atoms with van der Waals surface area (Å²) in [4.78, 5) is 14.2. The van der Waals surface area contributed by atoms with Crippen molar-refractivity contribution in [2.45, 2.75) is 20.0 Å². The summed E-state index contributed by atoms with van der Waals surface area (Å²) < 4.78 is 5.52. The average Bonchev–Trinajstić information content (AvgIpc) is 2.29. The van der Waals surface area contributed by atoms with Gasteiger partial charge in [0.05, 0.1) is 17.1 Å². The first-order valence-corrected chi connectivity index (χ1v) is 5.34. The minimum atomic E-state index is -0.180. The van der Waals surface area contributed by atoms with E-state index in [1.807, 2.05) is 13.8 Å². The number of H-pyrrole nitrogens is 1. The van der Waals surface area contributed by atoms with Crippen molar-refractivity contribution in [3.63, 3.8) is 0 Å². The van der Waals surface area contributed by atoms with Crippen molar-refractivity contribution in [2.75, 3.05) is 0 Å². The largest absolute Gasteiger partial charge is 0.490 e. The third-order valence-corrected chi connectivity index (χ3v) is 2.36. The fraction of sp³-hybridized carbons (Fsp3) is 0.231. The van der Waals surface area contributed by atoms with E-state index < -0.39 is 0 Å². The first-order valence-electron chi connectivity index (χ1n) is 5.34. The molecule has 86 valence electrons. The van der Waals surface area contributed by atoms with Crippen LogP contribution < -0.4 is 10.3 Å². The van der Waals surface area contributed by atoms with Crippen LogP contribution in [-0.2, 0) is 0 Å². The fourth-order valence-electron chi connectivity index (χ4n) is 1.65. The minimum absolute atomic E-state index is 0.0395. The van der Waals surface area contributed by atoms with Crippen LogP contribution in [0.15, 0.2) is 29.2 Å². The topological polar surface area (TPSA) is 65.9 Å². The summed E-state index contributed by atoms with van der Waals surface area (Å²) in [6, 6.07) is 7.12. The van der Waals surface area contributed by atoms with Gasteiger partial charge in [0.2, 0.25) is 0 Å². The zero-order valence-corrected chi connectivity index (χ0v) is 9.65. The number of pyridine rings is 1. The van der Waals surface area contributed by atoms with E-state index in [1.165, 1.54) is 0 Å². The quantitative estimate of drug-likeness (QED) is 0.856. The molecule has 17 heavy (non-hydrogen) atoms. The van der Waals surface area contributed by atoms with Crippen molar-refractivity contribution in [1.29, 1.82) is 5.26 Å². The fourth-order valence-corrected chi connectivity index (χ4v) is 1.65. The van der Waals surface area contributed by atoms with Crippen molar-refractivity contribution >= 4 is 10.8 Å². The van der Waals surface area contributed by atoms with Gasteiger partial charge in [-0.2, -0.15) is 5.26 Å². The SMILES string of the molecule is CC(C)Oc1cc2c(=O)[nH]ccc2cc1C#N. The highest BCUT2D eigenvalue weighted by Crippen LogP contribution is 2.24. The number of fused-ring (bicyclic) bond motifs is 1. The number of hydrogen-bond acceptors (Lipinski definition) is 3. The number of rotatable bonds is 2. The van der Waals surface area contributed by atoms with Crippen LogP contribution in [0.1, 0.15) is 19.4 Å². The number of nitrogens with zero attached hydrogens (tertiary/aromatic N) is 1. The number of hydrogen-bond donors (Lipinski definition) is 1. The van der Waals surface area contributed by atoms with Gasteiger partial charge in [-0.25, -0.2) is 0 Å². The smallest absolute Gasteiger partial charge is 0.255 e. The van der Waals surface area contributed by atoms with Crippen LogP contribution in [0.4, 0.5) is 0 Å². The highest BCUT2D eigenvalue weighted by atomic mass is 16.5. The maximum atomic E-state index is 11.6. The van der Waals surface area contributed by atoms with E-state index in [2.05, 4.69) is 11.1 Å². The Morgan fingerprint density at radius 3 is 2.82 bits per heavy atom. The van der Waals surface area contributed by atoms with Crippen LogP contribution in [0.25, 0.3) is 10.8 Å². The Morgan fingerprint density at radius 1 is 1.41 bits per heavy atom. The molecule has 2 rings (SSSR count). The number of benzene rings is 1. The number of nitrogens with one attached hydrogen (secondary N) is 1. The molecule has 0 radical (unpaired) electrons. The van der Waals surface area contributed by atoms with Crippen molar-refractivity contribution in [1.82, 2.24) is 4.98 Å². The second-order valence-electron chi connectivity index (χ2n) is 4.02. The molecule has 4 heteroatoms. The van der Waals surface area contributed by atoms with E-state index in [9.17, 15) is 4.79 Å². The lowest BCUT2D eigenvalue weighted by atomic mass is 10.1. The molecule has 2 aromatic rings. The highest BCUT2D eigenvalue weighted by Gasteiger charge is 2.09. The molecule has 1 N–H and O–H groups in total. The normalized spacial score (nSPS) is 10.5. The first kappa shape index (κ1) is 11.2. The second-order valence-corrected chi connectivity index (χ2v) is 4.02. The molecule has 1 aromatic heterocycles. The van der Waals surface area contributed by atoms with Gasteiger partial charge in [-0.15, -0.1) is 0 Å². The number of aromatic nitrogens is 1. The van der Waals surface area contributed by atoms with Gasteiger partial charge in [0, 0.05) is 6.20 Å². The Morgan fingerprint density at radius 2 is 2.18 bits per heavy atom. The number of ether oxygens (including phenoxy) is 1. The van der Waals surface area contributed by atoms with Crippen molar-refractivity contribution in [3.8, 4) is 11.8 Å². The minimum Gasteiger partial charge on any atom is -0.490 e. The summed E-state index contributed by atoms with van der Waals surface area (Å²) in [5.74, 6) is 0.451. The zero-order valence-electron chi connectivity index (χ0n) is 9.65. The molecular formula is C13H12N2O2. The Hall–Kier alpha value is -2.28. The molecule has 0 unspecified atom stereocenters. The van der Waals surface area contributed by atoms with E-state index in [1.54, 1.807) is 24.4 Å². The summed E-state index contributed by atoms with van der Waals surface area (Å²) in [5.41, 5.74) is 0.261. The third-order valence-electron chi connectivity index (χ3n) is 2.36. The van der Waals surface area contributed by atoms with E-state index in [4.69, 9.17) is 10.00 Å². The monoisotopic (exact) mass is 228 g/mol. The van der Waals surface area contributed by atoms with Gasteiger partial charge in [-0.3, -0.25) is 4.79 Å². The van der Waals surface area contributed by atoms with Gasteiger partial charge in [0.25, 0.3) is 5.56 Å². The molecule has 0 bridgehead atoms. The predicted molar refractivity (Wildman–Crippen MR) is 65.0 cm³/mol. The Bertz CT molecular complexity index is 650. The molecule has 0 amide bonds. The molecule has 0 atom stereocenters. The van der Waals surface area contributed by atoms with Crippen LogP contribution in [0.3, 0.4) is 0 Å². The lowest BCUT2D eigenvalue weighted by Crippen LogP contribution is -2.09. The van der Waals surface area contributed by atoms with Crippen molar-refractivity contribution in [3.05, 3.63) is 40.3 Å². The number of nitriles is 1. The van der Waals surface area contributed by atoms with Crippen LogP contribution in [0, 0.1) is 11.3 Å². The molecule has 0 fully saturated rings. The average molecular weight is 228 g/mol. The zero-order chi connectivity index (χ0) is 12.4. The predicted octanol–water partition coefficient (Wildman–Crippen LogP) is 2.19. The lowest BCUT2D eigenvalue weighted by Gasteiger charge is -2.11. The van der Waals surface area contributed by atoms with Crippen molar-refractivity contribution in [2.24, 2.45) is 0 Å². The molecule has 0 saturated heterocycles. The lowest BCUT2D eigenvalue weighted by molar-refractivity contribution is 0.242. The highest BCUT2D eigenvalue weighted by molar-refractivity contribution is 5.84. The van der Waals surface area contributed by atoms with E-state index in [-0.39, 0.29) is 11.7 Å².